The van der Waals surface area contributed by atoms with E-state index in [9.17, 15) is 0 Å². The highest BCUT2D eigenvalue weighted by Crippen LogP contribution is 1.95. The van der Waals surface area contributed by atoms with Gasteiger partial charge in [0.15, 0.2) is 0 Å². The van der Waals surface area contributed by atoms with E-state index in [0.29, 0.717) is 6.42 Å². The van der Waals surface area contributed by atoms with Crippen molar-refractivity contribution in [3.63, 3.8) is 0 Å². The molecule has 0 fully saturated rings. The average molecular weight is 172 g/mol. The Kier molecular flexibility index (Phi) is 4.22. The number of nitrogens with two attached hydrogens (primary N) is 1. The second-order valence-electron chi connectivity index (χ2n) is 2.06. The fourth-order valence-corrected chi connectivity index (χ4v) is 0.721. The van der Waals surface area contributed by atoms with Gasteiger partial charge >= 0.3 is 0 Å². The molecule has 0 aliphatic heterocycles. The number of pyridine rings is 1. The maximum Gasteiger partial charge on any atom is 0.0950 e. The highest BCUT2D eigenvalue weighted by Gasteiger charge is 1.91. The summed E-state index contributed by atoms with van der Waals surface area (Å²) < 4.78 is 0. The first kappa shape index (κ1) is 9.91. The van der Waals surface area contributed by atoms with Gasteiger partial charge in [-0.1, -0.05) is 0 Å². The summed E-state index contributed by atoms with van der Waals surface area (Å²) in [5, 5.41) is 6.99. The van der Waals surface area contributed by atoms with Crippen molar-refractivity contribution in [3.05, 3.63) is 30.1 Å². The van der Waals surface area contributed by atoms with E-state index in [2.05, 4.69) is 4.98 Å². The molecule has 0 unspecified atom stereocenters. The summed E-state index contributed by atoms with van der Waals surface area (Å²) in [5.41, 5.74) is 6.22. The van der Waals surface area contributed by atoms with Crippen LogP contribution in [-0.2, 0) is 6.42 Å². The van der Waals surface area contributed by atoms with Gasteiger partial charge in [-0.15, -0.1) is 12.4 Å². The van der Waals surface area contributed by atoms with Gasteiger partial charge in [0.1, 0.15) is 0 Å². The van der Waals surface area contributed by atoms with Crippen LogP contribution in [0.15, 0.2) is 24.5 Å². The third-order valence-electron chi connectivity index (χ3n) is 1.14. The number of hydrogen-bond donors (Lipinski definition) is 2. The fraction of sp³-hybridized carbons (Fsp3) is 0.143. The Morgan fingerprint density at radius 1 is 1.45 bits per heavy atom. The Morgan fingerprint density at radius 2 is 2.00 bits per heavy atom. The molecule has 11 heavy (non-hydrogen) atoms. The summed E-state index contributed by atoms with van der Waals surface area (Å²) in [4.78, 5) is 3.84. The molecule has 0 aliphatic rings. The molecule has 0 aromatic carbocycles. The summed E-state index contributed by atoms with van der Waals surface area (Å²) in [6.07, 6.45) is 3.90. The minimum absolute atomic E-state index is 0. The van der Waals surface area contributed by atoms with E-state index in [0.717, 1.165) is 5.56 Å². The molecule has 1 aromatic rings. The molecule has 0 saturated carbocycles. The summed E-state index contributed by atoms with van der Waals surface area (Å²) >= 11 is 0. The van der Waals surface area contributed by atoms with E-state index in [1.54, 1.807) is 12.4 Å². The van der Waals surface area contributed by atoms with Crippen LogP contribution in [0.1, 0.15) is 5.56 Å². The maximum absolute atomic E-state index is 6.99. The molecule has 0 saturated heterocycles. The maximum atomic E-state index is 6.99. The van der Waals surface area contributed by atoms with Crippen molar-refractivity contribution in [1.29, 1.82) is 5.41 Å². The molecule has 3 N–H and O–H groups in total. The van der Waals surface area contributed by atoms with E-state index in [1.165, 1.54) is 0 Å². The van der Waals surface area contributed by atoms with Crippen LogP contribution < -0.4 is 5.73 Å². The van der Waals surface area contributed by atoms with E-state index in [-0.39, 0.29) is 18.2 Å². The first-order valence-electron chi connectivity index (χ1n) is 3.01. The van der Waals surface area contributed by atoms with Crippen LogP contribution in [0.5, 0.6) is 0 Å². The van der Waals surface area contributed by atoms with Gasteiger partial charge in [-0.05, 0) is 17.7 Å². The molecule has 0 amide bonds. The predicted molar refractivity (Wildman–Crippen MR) is 47.1 cm³/mol. The molecule has 0 atom stereocenters. The minimum atomic E-state index is 0. The van der Waals surface area contributed by atoms with E-state index < -0.39 is 0 Å². The van der Waals surface area contributed by atoms with Crippen LogP contribution in [0.2, 0.25) is 0 Å². The molecular weight excluding hydrogens is 162 g/mol. The van der Waals surface area contributed by atoms with Crippen LogP contribution in [0.25, 0.3) is 0 Å². The highest BCUT2D eigenvalue weighted by molar-refractivity contribution is 5.85. The van der Waals surface area contributed by atoms with Gasteiger partial charge in [-0.2, -0.15) is 0 Å². The summed E-state index contributed by atoms with van der Waals surface area (Å²) in [5.74, 6) is 0.186. The van der Waals surface area contributed by atoms with Crippen molar-refractivity contribution in [1.82, 2.24) is 4.98 Å². The molecule has 3 nitrogen and oxygen atoms in total. The van der Waals surface area contributed by atoms with E-state index in [4.69, 9.17) is 11.1 Å². The lowest BCUT2D eigenvalue weighted by molar-refractivity contribution is 1.21. The Balaban J connectivity index is 0.000001000. The summed E-state index contributed by atoms with van der Waals surface area (Å²) in [6, 6.07) is 3.70. The van der Waals surface area contributed by atoms with E-state index in [1.807, 2.05) is 12.1 Å². The lowest BCUT2D eigenvalue weighted by Crippen LogP contribution is -2.12. The largest absolute Gasteiger partial charge is 0.387 e. The van der Waals surface area contributed by atoms with Gasteiger partial charge in [0.05, 0.1) is 5.84 Å². The van der Waals surface area contributed by atoms with Crippen LogP contribution in [0, 0.1) is 5.41 Å². The Labute approximate surface area is 71.6 Å². The topological polar surface area (TPSA) is 62.8 Å². The molecule has 1 heterocycles. The lowest BCUT2D eigenvalue weighted by Gasteiger charge is -1.95. The molecule has 1 rings (SSSR count). The lowest BCUT2D eigenvalue weighted by atomic mass is 10.2. The third-order valence-corrected chi connectivity index (χ3v) is 1.14. The smallest absolute Gasteiger partial charge is 0.0950 e. The fourth-order valence-electron chi connectivity index (χ4n) is 0.721. The van der Waals surface area contributed by atoms with Gasteiger partial charge < -0.3 is 5.73 Å². The third kappa shape index (κ3) is 3.57. The number of amidine groups is 1. The molecular formula is C7H10ClN3. The van der Waals surface area contributed by atoms with Crippen molar-refractivity contribution in [3.8, 4) is 0 Å². The van der Waals surface area contributed by atoms with Crippen LogP contribution >= 0.6 is 12.4 Å². The van der Waals surface area contributed by atoms with Crippen molar-refractivity contribution in [2.75, 3.05) is 0 Å². The van der Waals surface area contributed by atoms with Gasteiger partial charge in [0.25, 0.3) is 0 Å². The molecule has 0 radical (unpaired) electrons. The quantitative estimate of drug-likeness (QED) is 0.515. The van der Waals surface area contributed by atoms with Crippen molar-refractivity contribution in [2.24, 2.45) is 5.73 Å². The summed E-state index contributed by atoms with van der Waals surface area (Å²) in [6.45, 7) is 0. The number of halogens is 1. The molecule has 0 aliphatic carbocycles. The summed E-state index contributed by atoms with van der Waals surface area (Å²) in [7, 11) is 0. The normalized spacial score (nSPS) is 8.36. The van der Waals surface area contributed by atoms with Crippen LogP contribution in [0.4, 0.5) is 0 Å². The number of rotatable bonds is 2. The number of nitrogens with zero attached hydrogens (tertiary/aromatic N) is 1. The van der Waals surface area contributed by atoms with Gasteiger partial charge in [-0.3, -0.25) is 10.4 Å². The van der Waals surface area contributed by atoms with Crippen molar-refractivity contribution in [2.45, 2.75) is 6.42 Å². The Bertz CT molecular complexity index is 222. The van der Waals surface area contributed by atoms with Gasteiger partial charge in [-0.25, -0.2) is 0 Å². The Morgan fingerprint density at radius 3 is 2.45 bits per heavy atom. The first-order valence-corrected chi connectivity index (χ1v) is 3.01. The van der Waals surface area contributed by atoms with Crippen LogP contribution in [-0.4, -0.2) is 10.8 Å². The standard InChI is InChI=1S/C7H9N3.ClH/c8-7(9)5-6-1-3-10-4-2-6;/h1-4H,5H2,(H3,8,9);1H. The molecule has 4 heteroatoms. The van der Waals surface area contributed by atoms with E-state index >= 15 is 0 Å². The zero-order valence-corrected chi connectivity index (χ0v) is 6.77. The molecule has 0 spiro atoms. The zero-order valence-electron chi connectivity index (χ0n) is 5.95. The van der Waals surface area contributed by atoms with Crippen molar-refractivity contribution >= 4 is 18.2 Å². The monoisotopic (exact) mass is 171 g/mol. The number of hydrogen-bond acceptors (Lipinski definition) is 2. The second kappa shape index (κ2) is 4.68. The predicted octanol–water partition coefficient (Wildman–Crippen LogP) is 0.982. The van der Waals surface area contributed by atoms with Crippen molar-refractivity contribution < 1.29 is 0 Å². The number of nitrogens with one attached hydrogen (secondary N) is 1. The molecule has 60 valence electrons. The Hall–Kier alpha value is -1.09. The van der Waals surface area contributed by atoms with Gasteiger partial charge in [0.2, 0.25) is 0 Å². The second-order valence-corrected chi connectivity index (χ2v) is 2.06. The highest BCUT2D eigenvalue weighted by atomic mass is 35.5. The molecule has 0 bridgehead atoms. The SMILES string of the molecule is Cl.N=C(N)Cc1ccncc1. The van der Waals surface area contributed by atoms with Crippen LogP contribution in [0.3, 0.4) is 0 Å². The zero-order chi connectivity index (χ0) is 7.40. The average Bonchev–Trinajstić information content (AvgIpc) is 1.88. The molecule has 1 aromatic heterocycles. The number of aromatic nitrogens is 1. The minimum Gasteiger partial charge on any atom is -0.387 e. The van der Waals surface area contributed by atoms with Gasteiger partial charge in [0, 0.05) is 18.8 Å². The first-order chi connectivity index (χ1) is 4.79.